The van der Waals surface area contributed by atoms with E-state index in [-0.39, 0.29) is 5.69 Å². The number of nitrogens with zero attached hydrogens (tertiary/aromatic N) is 5. The molecule has 3 heterocycles. The number of carbonyl (C=O) groups is 1. The Morgan fingerprint density at radius 2 is 1.73 bits per heavy atom. The number of hydrogen-bond donors (Lipinski definition) is 0. The smallest absolute Gasteiger partial charge is 0.296 e. The predicted octanol–water partition coefficient (Wildman–Crippen LogP) is 4.74. The van der Waals surface area contributed by atoms with Gasteiger partial charge < -0.3 is 0 Å². The average molecular weight is 432 g/mol. The molecular formula is C20H13ClF3N5O. The Kier molecular flexibility index (Phi) is 4.90. The Morgan fingerprint density at radius 3 is 2.37 bits per heavy atom. The highest BCUT2D eigenvalue weighted by atomic mass is 35.5. The molecule has 0 aliphatic carbocycles. The third-order valence-electron chi connectivity index (χ3n) is 4.48. The number of fused-ring (bicyclic) bond motifs is 1. The van der Waals surface area contributed by atoms with Crippen molar-refractivity contribution in [1.82, 2.24) is 19.4 Å². The number of alkyl halides is 3. The second-order valence-corrected chi connectivity index (χ2v) is 6.85. The monoisotopic (exact) mass is 431 g/mol. The first-order chi connectivity index (χ1) is 14.2. The third kappa shape index (κ3) is 3.71. The molecule has 3 aromatic heterocycles. The van der Waals surface area contributed by atoms with E-state index in [0.29, 0.717) is 27.7 Å². The number of imidazole rings is 1. The van der Waals surface area contributed by atoms with Gasteiger partial charge in [-0.1, -0.05) is 23.7 Å². The van der Waals surface area contributed by atoms with E-state index in [2.05, 4.69) is 15.0 Å². The maximum Gasteiger partial charge on any atom is 0.416 e. The summed E-state index contributed by atoms with van der Waals surface area (Å²) in [7, 11) is 1.55. The second-order valence-electron chi connectivity index (χ2n) is 6.42. The summed E-state index contributed by atoms with van der Waals surface area (Å²) in [5.41, 5.74) is 0.881. The Labute approximate surface area is 173 Å². The minimum absolute atomic E-state index is 0.118. The first-order valence-corrected chi connectivity index (χ1v) is 9.02. The highest BCUT2D eigenvalue weighted by Crippen LogP contribution is 2.31. The van der Waals surface area contributed by atoms with Gasteiger partial charge in [-0.2, -0.15) is 13.2 Å². The topological polar surface area (TPSA) is 63.4 Å². The Balaban J connectivity index is 1.69. The van der Waals surface area contributed by atoms with E-state index in [1.807, 2.05) is 0 Å². The lowest BCUT2D eigenvalue weighted by molar-refractivity contribution is -0.137. The number of carbonyl (C=O) groups excluding carboxylic acids is 1. The molecule has 0 bridgehead atoms. The first kappa shape index (κ1) is 19.8. The zero-order valence-electron chi connectivity index (χ0n) is 15.4. The minimum Gasteiger partial charge on any atom is -0.296 e. The van der Waals surface area contributed by atoms with Crippen molar-refractivity contribution >= 4 is 29.0 Å². The predicted molar refractivity (Wildman–Crippen MR) is 105 cm³/mol. The van der Waals surface area contributed by atoms with Crippen LogP contribution in [0.25, 0.3) is 16.9 Å². The fraction of sp³-hybridized carbons (Fsp3) is 0.100. The standard InChI is InChI=1S/C20H13ClF3N5O/c1-28(17-7-6-14(21)8-26-17)19(30)15-11-29-16(9-27-18(29)10-25-15)12-2-4-13(5-3-12)20(22,23)24/h2-11H,1H3. The van der Waals surface area contributed by atoms with E-state index in [9.17, 15) is 18.0 Å². The third-order valence-corrected chi connectivity index (χ3v) is 4.71. The number of anilines is 1. The van der Waals surface area contributed by atoms with Gasteiger partial charge in [-0.05, 0) is 24.3 Å². The van der Waals surface area contributed by atoms with Gasteiger partial charge in [0.2, 0.25) is 0 Å². The zero-order chi connectivity index (χ0) is 21.5. The Hall–Kier alpha value is -3.46. The first-order valence-electron chi connectivity index (χ1n) is 8.64. The quantitative estimate of drug-likeness (QED) is 0.470. The lowest BCUT2D eigenvalue weighted by Crippen LogP contribution is -2.28. The lowest BCUT2D eigenvalue weighted by atomic mass is 10.1. The summed E-state index contributed by atoms with van der Waals surface area (Å²) < 4.78 is 40.0. The number of amides is 1. The van der Waals surface area contributed by atoms with Crippen molar-refractivity contribution in [2.24, 2.45) is 0 Å². The van der Waals surface area contributed by atoms with Gasteiger partial charge >= 0.3 is 6.18 Å². The molecule has 0 radical (unpaired) electrons. The number of hydrogen-bond acceptors (Lipinski definition) is 4. The molecule has 4 rings (SSSR count). The van der Waals surface area contributed by atoms with Gasteiger partial charge in [0.25, 0.3) is 5.91 Å². The molecule has 0 unspecified atom stereocenters. The van der Waals surface area contributed by atoms with Crippen molar-refractivity contribution < 1.29 is 18.0 Å². The molecule has 4 aromatic rings. The normalized spacial score (nSPS) is 11.6. The molecule has 30 heavy (non-hydrogen) atoms. The van der Waals surface area contributed by atoms with Crippen LogP contribution >= 0.6 is 11.6 Å². The number of rotatable bonds is 3. The van der Waals surface area contributed by atoms with Crippen molar-refractivity contribution in [1.29, 1.82) is 0 Å². The van der Waals surface area contributed by atoms with Gasteiger partial charge in [-0.15, -0.1) is 0 Å². The summed E-state index contributed by atoms with van der Waals surface area (Å²) in [4.78, 5) is 26.6. The van der Waals surface area contributed by atoms with Gasteiger partial charge in [0.1, 0.15) is 11.5 Å². The van der Waals surface area contributed by atoms with Crippen LogP contribution < -0.4 is 4.90 Å². The second kappa shape index (κ2) is 7.42. The summed E-state index contributed by atoms with van der Waals surface area (Å²) in [5, 5.41) is 0.443. The number of halogens is 4. The van der Waals surface area contributed by atoms with E-state index < -0.39 is 17.6 Å². The molecule has 0 aliphatic rings. The van der Waals surface area contributed by atoms with Crippen molar-refractivity contribution in [3.05, 3.63) is 77.5 Å². The van der Waals surface area contributed by atoms with E-state index >= 15 is 0 Å². The van der Waals surface area contributed by atoms with Crippen LogP contribution in [0.2, 0.25) is 5.02 Å². The largest absolute Gasteiger partial charge is 0.416 e. The van der Waals surface area contributed by atoms with Crippen LogP contribution in [0.4, 0.5) is 19.0 Å². The SMILES string of the molecule is CN(C(=O)c1cn2c(-c3ccc(C(F)(F)F)cc3)cnc2cn1)c1ccc(Cl)cn1. The minimum atomic E-state index is -4.41. The van der Waals surface area contributed by atoms with Gasteiger partial charge in [0, 0.05) is 25.0 Å². The maximum absolute atomic E-state index is 12.8. The van der Waals surface area contributed by atoms with Gasteiger partial charge in [0.15, 0.2) is 5.65 Å². The fourth-order valence-electron chi connectivity index (χ4n) is 2.89. The maximum atomic E-state index is 12.8. The number of aromatic nitrogens is 4. The van der Waals surface area contributed by atoms with Crippen LogP contribution in [-0.2, 0) is 6.18 Å². The lowest BCUT2D eigenvalue weighted by Gasteiger charge is -2.16. The van der Waals surface area contributed by atoms with Crippen molar-refractivity contribution in [2.45, 2.75) is 6.18 Å². The zero-order valence-corrected chi connectivity index (χ0v) is 16.2. The van der Waals surface area contributed by atoms with Gasteiger partial charge in [-0.25, -0.2) is 15.0 Å². The number of pyridine rings is 1. The van der Waals surface area contributed by atoms with Crippen LogP contribution in [0.3, 0.4) is 0 Å². The molecule has 0 aliphatic heterocycles. The van der Waals surface area contributed by atoms with Crippen molar-refractivity contribution in [3.8, 4) is 11.3 Å². The molecule has 1 amide bonds. The van der Waals surface area contributed by atoms with Crippen LogP contribution in [0.5, 0.6) is 0 Å². The van der Waals surface area contributed by atoms with Gasteiger partial charge in [0.05, 0.1) is 28.7 Å². The molecule has 0 saturated heterocycles. The van der Waals surface area contributed by atoms with Crippen molar-refractivity contribution in [2.75, 3.05) is 11.9 Å². The summed E-state index contributed by atoms with van der Waals surface area (Å²) in [5.74, 6) is -0.0290. The summed E-state index contributed by atoms with van der Waals surface area (Å²) in [6, 6.07) is 7.94. The van der Waals surface area contributed by atoms with Crippen LogP contribution in [0.15, 0.2) is 61.2 Å². The Morgan fingerprint density at radius 1 is 1.00 bits per heavy atom. The molecule has 0 atom stereocenters. The fourth-order valence-corrected chi connectivity index (χ4v) is 3.00. The molecule has 10 heteroatoms. The van der Waals surface area contributed by atoms with E-state index in [0.717, 1.165) is 12.1 Å². The van der Waals surface area contributed by atoms with E-state index in [1.165, 1.54) is 41.8 Å². The number of benzene rings is 1. The van der Waals surface area contributed by atoms with E-state index in [4.69, 9.17) is 11.6 Å². The molecule has 1 aromatic carbocycles. The average Bonchev–Trinajstić information content (AvgIpc) is 3.16. The molecular weight excluding hydrogens is 419 g/mol. The van der Waals surface area contributed by atoms with Crippen LogP contribution in [-0.4, -0.2) is 32.3 Å². The molecule has 0 fully saturated rings. The van der Waals surface area contributed by atoms with Gasteiger partial charge in [-0.3, -0.25) is 14.1 Å². The summed E-state index contributed by atoms with van der Waals surface area (Å²) in [6.45, 7) is 0. The van der Waals surface area contributed by atoms with E-state index in [1.54, 1.807) is 23.6 Å². The van der Waals surface area contributed by atoms with Crippen molar-refractivity contribution in [3.63, 3.8) is 0 Å². The molecule has 0 saturated carbocycles. The highest BCUT2D eigenvalue weighted by Gasteiger charge is 2.30. The highest BCUT2D eigenvalue weighted by molar-refractivity contribution is 6.30. The van der Waals surface area contributed by atoms with Crippen LogP contribution in [0, 0.1) is 0 Å². The summed E-state index contributed by atoms with van der Waals surface area (Å²) >= 11 is 5.83. The Bertz CT molecular complexity index is 1220. The van der Waals surface area contributed by atoms with Crippen LogP contribution in [0.1, 0.15) is 16.1 Å². The molecule has 0 N–H and O–H groups in total. The molecule has 6 nitrogen and oxygen atoms in total. The summed E-state index contributed by atoms with van der Waals surface area (Å²) in [6.07, 6.45) is 1.43. The molecule has 152 valence electrons. The molecule has 0 spiro atoms.